The van der Waals surface area contributed by atoms with Crippen molar-refractivity contribution in [2.45, 2.75) is 49.5 Å². The topological polar surface area (TPSA) is 81.7 Å². The first-order chi connectivity index (χ1) is 16.5. The quantitative estimate of drug-likeness (QED) is 0.554. The van der Waals surface area contributed by atoms with Gasteiger partial charge in [-0.15, -0.1) is 0 Å². The van der Waals surface area contributed by atoms with Crippen LogP contribution < -0.4 is 10.6 Å². The molecule has 2 aliphatic rings. The summed E-state index contributed by atoms with van der Waals surface area (Å²) in [5.74, 6) is -1.13. The lowest BCUT2D eigenvalue weighted by Crippen LogP contribution is -2.63. The number of rotatable bonds is 6. The predicted octanol–water partition coefficient (Wildman–Crippen LogP) is 3.72. The van der Waals surface area contributed by atoms with E-state index < -0.39 is 29.2 Å². The second-order valence-electron chi connectivity index (χ2n) is 9.25. The molecule has 0 spiro atoms. The fraction of sp³-hybridized carbons (Fsp3) is 0.440. The molecule has 1 aliphatic carbocycles. The highest BCUT2D eigenvalue weighted by atomic mass is 35.5. The van der Waals surface area contributed by atoms with Crippen molar-refractivity contribution in [3.63, 3.8) is 0 Å². The summed E-state index contributed by atoms with van der Waals surface area (Å²) in [6.45, 7) is 1.04. The van der Waals surface area contributed by atoms with E-state index in [1.54, 1.807) is 12.1 Å². The van der Waals surface area contributed by atoms with Crippen LogP contribution in [0, 0.1) is 0 Å². The number of nitrogens with one attached hydrogen (secondary N) is 2. The minimum absolute atomic E-state index is 0.0509. The number of carbonyl (C=O) groups is 2. The molecule has 0 radical (unpaired) electrons. The second-order valence-corrected chi connectivity index (χ2v) is 9.69. The number of halogens is 4. The van der Waals surface area contributed by atoms with Gasteiger partial charge in [0.25, 0.3) is 5.91 Å². The molecule has 2 fully saturated rings. The Bertz CT molecular complexity index is 1060. The number of amides is 2. The Morgan fingerprint density at radius 3 is 2.37 bits per heavy atom. The lowest BCUT2D eigenvalue weighted by Gasteiger charge is -2.48. The van der Waals surface area contributed by atoms with Crippen LogP contribution >= 0.6 is 11.6 Å². The summed E-state index contributed by atoms with van der Waals surface area (Å²) in [6.07, 6.45) is -1.57. The highest BCUT2D eigenvalue weighted by Gasteiger charge is 2.40. The Hall–Kier alpha value is -2.62. The Labute approximate surface area is 206 Å². The monoisotopic (exact) mass is 509 g/mol. The number of hydrogen-bond donors (Lipinski definition) is 3. The third kappa shape index (κ3) is 6.15. The average molecular weight is 510 g/mol. The van der Waals surface area contributed by atoms with E-state index in [-0.39, 0.29) is 18.2 Å². The van der Waals surface area contributed by atoms with E-state index in [4.69, 9.17) is 11.6 Å². The summed E-state index contributed by atoms with van der Waals surface area (Å²) in [6, 6.07) is 11.6. The molecule has 1 saturated heterocycles. The fourth-order valence-electron chi connectivity index (χ4n) is 4.77. The molecule has 1 saturated carbocycles. The molecule has 2 amide bonds. The molecule has 4 rings (SSSR count). The lowest BCUT2D eigenvalue weighted by atomic mass is 9.76. The molecule has 188 valence electrons. The molecule has 1 heterocycles. The van der Waals surface area contributed by atoms with E-state index in [9.17, 15) is 27.9 Å². The number of carbonyl (C=O) groups excluding carboxylic acids is 2. The van der Waals surface area contributed by atoms with E-state index in [1.807, 2.05) is 12.1 Å². The van der Waals surface area contributed by atoms with Crippen LogP contribution in [0.25, 0.3) is 0 Å². The van der Waals surface area contributed by atoms with Gasteiger partial charge in [-0.05, 0) is 61.6 Å². The lowest BCUT2D eigenvalue weighted by molar-refractivity contribution is -0.137. The smallest absolute Gasteiger partial charge is 0.385 e. The van der Waals surface area contributed by atoms with Gasteiger partial charge in [-0.3, -0.25) is 14.5 Å². The standard InChI is InChI=1S/C25H27ClF3N3O3/c26-19-6-4-17(5-7-19)24(35)10-8-21(9-11-24)32-14-20(15-32)31-22(33)13-30-23(34)16-2-1-3-18(12-16)25(27,28)29/h1-7,12,20-21,35H,8-11,13-15H2,(H,30,34)(H,31,33). The summed E-state index contributed by atoms with van der Waals surface area (Å²) < 4.78 is 38.4. The molecular weight excluding hydrogens is 483 g/mol. The van der Waals surface area contributed by atoms with Gasteiger partial charge >= 0.3 is 6.18 Å². The van der Waals surface area contributed by atoms with Crippen LogP contribution in [-0.4, -0.2) is 53.5 Å². The fourth-order valence-corrected chi connectivity index (χ4v) is 4.90. The van der Waals surface area contributed by atoms with Gasteiger partial charge in [-0.2, -0.15) is 13.2 Å². The summed E-state index contributed by atoms with van der Waals surface area (Å²) in [5, 5.41) is 16.9. The van der Waals surface area contributed by atoms with Gasteiger partial charge in [-0.1, -0.05) is 29.8 Å². The molecule has 2 aromatic rings. The predicted molar refractivity (Wildman–Crippen MR) is 125 cm³/mol. The highest BCUT2D eigenvalue weighted by molar-refractivity contribution is 6.30. The number of aliphatic hydroxyl groups is 1. The van der Waals surface area contributed by atoms with Crippen molar-refractivity contribution >= 4 is 23.4 Å². The molecule has 6 nitrogen and oxygen atoms in total. The Morgan fingerprint density at radius 1 is 1.09 bits per heavy atom. The van der Waals surface area contributed by atoms with E-state index in [0.717, 1.165) is 36.6 Å². The number of alkyl halides is 3. The van der Waals surface area contributed by atoms with Gasteiger partial charge in [0.05, 0.1) is 23.8 Å². The first-order valence-electron chi connectivity index (χ1n) is 11.5. The Balaban J connectivity index is 1.18. The molecular formula is C25H27ClF3N3O3. The van der Waals surface area contributed by atoms with Gasteiger partial charge in [-0.25, -0.2) is 0 Å². The summed E-state index contributed by atoms with van der Waals surface area (Å²) in [4.78, 5) is 26.6. The third-order valence-corrected chi connectivity index (χ3v) is 7.07. The minimum Gasteiger partial charge on any atom is -0.385 e. The van der Waals surface area contributed by atoms with Gasteiger partial charge in [0.2, 0.25) is 5.91 Å². The Kier molecular flexibility index (Phi) is 7.40. The van der Waals surface area contributed by atoms with Gasteiger partial charge < -0.3 is 15.7 Å². The third-order valence-electron chi connectivity index (χ3n) is 6.82. The first-order valence-corrected chi connectivity index (χ1v) is 11.9. The van der Waals surface area contributed by atoms with Crippen molar-refractivity contribution < 1.29 is 27.9 Å². The average Bonchev–Trinajstić information content (AvgIpc) is 2.80. The molecule has 1 aliphatic heterocycles. The minimum atomic E-state index is -4.55. The van der Waals surface area contributed by atoms with Gasteiger partial charge in [0.15, 0.2) is 0 Å². The second kappa shape index (κ2) is 10.2. The highest BCUT2D eigenvalue weighted by Crippen LogP contribution is 2.39. The molecule has 35 heavy (non-hydrogen) atoms. The van der Waals surface area contributed by atoms with Crippen LogP contribution in [0.2, 0.25) is 5.02 Å². The van der Waals surface area contributed by atoms with E-state index in [0.29, 0.717) is 37.0 Å². The summed E-state index contributed by atoms with van der Waals surface area (Å²) in [7, 11) is 0. The zero-order chi connectivity index (χ0) is 25.2. The molecule has 0 bridgehead atoms. The van der Waals surface area contributed by atoms with Crippen molar-refractivity contribution in [2.75, 3.05) is 19.6 Å². The van der Waals surface area contributed by atoms with Crippen molar-refractivity contribution in [1.29, 1.82) is 0 Å². The largest absolute Gasteiger partial charge is 0.416 e. The zero-order valence-electron chi connectivity index (χ0n) is 18.9. The van der Waals surface area contributed by atoms with Gasteiger partial charge in [0, 0.05) is 29.7 Å². The van der Waals surface area contributed by atoms with Crippen molar-refractivity contribution in [1.82, 2.24) is 15.5 Å². The number of benzene rings is 2. The van der Waals surface area contributed by atoms with E-state index >= 15 is 0 Å². The molecule has 0 aromatic heterocycles. The molecule has 2 aromatic carbocycles. The van der Waals surface area contributed by atoms with Crippen LogP contribution in [0.4, 0.5) is 13.2 Å². The van der Waals surface area contributed by atoms with Crippen LogP contribution in [-0.2, 0) is 16.6 Å². The maximum atomic E-state index is 12.8. The molecule has 3 N–H and O–H groups in total. The van der Waals surface area contributed by atoms with Gasteiger partial charge in [0.1, 0.15) is 0 Å². The Morgan fingerprint density at radius 2 is 1.74 bits per heavy atom. The van der Waals surface area contributed by atoms with Crippen LogP contribution in [0.15, 0.2) is 48.5 Å². The maximum absolute atomic E-state index is 12.8. The van der Waals surface area contributed by atoms with Crippen LogP contribution in [0.1, 0.15) is 47.2 Å². The molecule has 0 unspecified atom stereocenters. The zero-order valence-corrected chi connectivity index (χ0v) is 19.7. The number of nitrogens with zero attached hydrogens (tertiary/aromatic N) is 1. The molecule has 0 atom stereocenters. The van der Waals surface area contributed by atoms with Crippen LogP contribution in [0.5, 0.6) is 0 Å². The summed E-state index contributed by atoms with van der Waals surface area (Å²) >= 11 is 5.94. The number of hydrogen-bond acceptors (Lipinski definition) is 4. The maximum Gasteiger partial charge on any atom is 0.416 e. The van der Waals surface area contributed by atoms with Crippen molar-refractivity contribution in [2.24, 2.45) is 0 Å². The van der Waals surface area contributed by atoms with Crippen molar-refractivity contribution in [3.8, 4) is 0 Å². The van der Waals surface area contributed by atoms with Crippen LogP contribution in [0.3, 0.4) is 0 Å². The van der Waals surface area contributed by atoms with Crippen molar-refractivity contribution in [3.05, 3.63) is 70.2 Å². The summed E-state index contributed by atoms with van der Waals surface area (Å²) in [5.41, 5.74) is -1.05. The first kappa shape index (κ1) is 25.5. The normalized spacial score (nSPS) is 23.4. The van der Waals surface area contributed by atoms with E-state index in [2.05, 4.69) is 15.5 Å². The van der Waals surface area contributed by atoms with E-state index in [1.165, 1.54) is 6.07 Å². The number of likely N-dealkylation sites (tertiary alicyclic amines) is 1. The molecule has 10 heteroatoms. The SMILES string of the molecule is O=C(CNC(=O)c1cccc(C(F)(F)F)c1)NC1CN(C2CCC(O)(c3ccc(Cl)cc3)CC2)C1.